The Labute approximate surface area is 265 Å². The number of nitrogens with one attached hydrogen (secondary N) is 1. The molecule has 44 heavy (non-hydrogen) atoms. The van der Waals surface area contributed by atoms with Crippen LogP contribution in [0.5, 0.6) is 0 Å². The largest absolute Gasteiger partial charge is 0.394 e. The molecule has 9 unspecified atom stereocenters. The highest BCUT2D eigenvalue weighted by molar-refractivity contribution is 5.80. The molecule has 11 heteroatoms. The van der Waals surface area contributed by atoms with Crippen molar-refractivity contribution in [3.63, 3.8) is 0 Å². The second-order valence-corrected chi connectivity index (χ2v) is 12.6. The van der Waals surface area contributed by atoms with E-state index in [1.165, 1.54) is 57.8 Å². The van der Waals surface area contributed by atoms with Gasteiger partial charge in [-0.05, 0) is 12.8 Å². The van der Waals surface area contributed by atoms with Crippen molar-refractivity contribution in [3.05, 3.63) is 0 Å². The summed E-state index contributed by atoms with van der Waals surface area (Å²) in [5, 5.41) is 74.7. The molecule has 1 fully saturated rings. The average Bonchev–Trinajstić information content (AvgIpc) is 3.02. The fourth-order valence-corrected chi connectivity index (χ4v) is 5.61. The summed E-state index contributed by atoms with van der Waals surface area (Å²) in [7, 11) is 0. The molecule has 1 aliphatic rings. The van der Waals surface area contributed by atoms with Crippen LogP contribution < -0.4 is 5.32 Å². The molecule has 0 saturated carbocycles. The zero-order valence-electron chi connectivity index (χ0n) is 27.4. The molecule has 0 aromatic carbocycles. The number of carbonyl (C=O) groups is 1. The fourth-order valence-electron chi connectivity index (χ4n) is 5.61. The lowest BCUT2D eigenvalue weighted by molar-refractivity contribution is -0.303. The first-order valence-corrected chi connectivity index (χ1v) is 17.4. The number of aliphatic hydroxyl groups is 7. The summed E-state index contributed by atoms with van der Waals surface area (Å²) in [4.78, 5) is 12.9. The molecule has 1 saturated heterocycles. The van der Waals surface area contributed by atoms with Crippen LogP contribution in [0.1, 0.15) is 136 Å². The van der Waals surface area contributed by atoms with Crippen LogP contribution in [0, 0.1) is 0 Å². The van der Waals surface area contributed by atoms with Gasteiger partial charge < -0.3 is 50.5 Å². The first kappa shape index (κ1) is 41.1. The van der Waals surface area contributed by atoms with Gasteiger partial charge in [-0.25, -0.2) is 0 Å². The van der Waals surface area contributed by atoms with E-state index in [1.54, 1.807) is 0 Å². The first-order valence-electron chi connectivity index (χ1n) is 17.4. The predicted molar refractivity (Wildman–Crippen MR) is 169 cm³/mol. The molecule has 0 bridgehead atoms. The number of carbonyl (C=O) groups excluding carboxylic acids is 1. The molecule has 1 heterocycles. The summed E-state index contributed by atoms with van der Waals surface area (Å²) in [5.41, 5.74) is 0. The van der Waals surface area contributed by atoms with Crippen LogP contribution in [0.4, 0.5) is 0 Å². The Kier molecular flexibility index (Phi) is 23.6. The van der Waals surface area contributed by atoms with E-state index < -0.39 is 74.2 Å². The van der Waals surface area contributed by atoms with E-state index in [0.717, 1.165) is 38.5 Å². The van der Waals surface area contributed by atoms with Crippen LogP contribution >= 0.6 is 0 Å². The van der Waals surface area contributed by atoms with Crippen molar-refractivity contribution in [2.24, 2.45) is 0 Å². The van der Waals surface area contributed by atoms with Gasteiger partial charge in [-0.2, -0.15) is 0 Å². The second-order valence-electron chi connectivity index (χ2n) is 12.6. The van der Waals surface area contributed by atoms with Crippen molar-refractivity contribution in [2.75, 3.05) is 13.2 Å². The highest BCUT2D eigenvalue weighted by atomic mass is 16.7. The zero-order chi connectivity index (χ0) is 32.7. The molecular weight excluding hydrogens is 570 g/mol. The molecule has 0 aliphatic carbocycles. The molecule has 1 rings (SSSR count). The minimum Gasteiger partial charge on any atom is -0.394 e. The maximum Gasteiger partial charge on any atom is 0.249 e. The summed E-state index contributed by atoms with van der Waals surface area (Å²) in [5.74, 6) is -0.704. The maximum absolute atomic E-state index is 12.9. The summed E-state index contributed by atoms with van der Waals surface area (Å²) in [6, 6.07) is -1.16. The van der Waals surface area contributed by atoms with Crippen molar-refractivity contribution in [1.82, 2.24) is 5.32 Å². The summed E-state index contributed by atoms with van der Waals surface area (Å²) in [6.07, 6.45) is 7.69. The highest BCUT2D eigenvalue weighted by Gasteiger charge is 2.44. The Bertz CT molecular complexity index is 699. The van der Waals surface area contributed by atoms with Gasteiger partial charge in [0.25, 0.3) is 0 Å². The maximum atomic E-state index is 12.9. The SMILES string of the molecule is CCCCCCCCCCCC(O)C(O)C(COC1OC(CO)C(O)C(O)C1O)NC(=O)C(O)CCCCCCCCCC. The summed E-state index contributed by atoms with van der Waals surface area (Å²) < 4.78 is 11.0. The van der Waals surface area contributed by atoms with Gasteiger partial charge in [0.2, 0.25) is 5.91 Å². The van der Waals surface area contributed by atoms with Gasteiger partial charge in [-0.3, -0.25) is 4.79 Å². The van der Waals surface area contributed by atoms with Crippen LogP contribution in [0.25, 0.3) is 0 Å². The number of aliphatic hydroxyl groups excluding tert-OH is 7. The summed E-state index contributed by atoms with van der Waals surface area (Å²) >= 11 is 0. The monoisotopic (exact) mass is 635 g/mol. The Balaban J connectivity index is 2.65. The molecule has 0 aromatic rings. The van der Waals surface area contributed by atoms with Crippen molar-refractivity contribution in [1.29, 1.82) is 0 Å². The van der Waals surface area contributed by atoms with Crippen LogP contribution in [-0.4, -0.2) is 110 Å². The number of amides is 1. The van der Waals surface area contributed by atoms with Crippen LogP contribution in [0.15, 0.2) is 0 Å². The quantitative estimate of drug-likeness (QED) is 0.0623. The third-order valence-electron chi connectivity index (χ3n) is 8.66. The van der Waals surface area contributed by atoms with Gasteiger partial charge in [-0.15, -0.1) is 0 Å². The molecule has 9 atom stereocenters. The van der Waals surface area contributed by atoms with E-state index in [4.69, 9.17) is 9.47 Å². The Hall–Kier alpha value is -0.890. The third kappa shape index (κ3) is 16.6. The van der Waals surface area contributed by atoms with Crippen molar-refractivity contribution in [2.45, 2.75) is 191 Å². The Morgan fingerprint density at radius 2 is 1.18 bits per heavy atom. The Morgan fingerprint density at radius 1 is 0.705 bits per heavy atom. The molecule has 8 N–H and O–H groups in total. The second kappa shape index (κ2) is 25.2. The van der Waals surface area contributed by atoms with Gasteiger partial charge in [0.1, 0.15) is 36.6 Å². The Morgan fingerprint density at radius 3 is 1.68 bits per heavy atom. The van der Waals surface area contributed by atoms with E-state index in [2.05, 4.69) is 19.2 Å². The van der Waals surface area contributed by atoms with Gasteiger partial charge in [-0.1, -0.05) is 123 Å². The topological polar surface area (TPSA) is 189 Å². The van der Waals surface area contributed by atoms with E-state index in [-0.39, 0.29) is 6.42 Å². The lowest BCUT2D eigenvalue weighted by Crippen LogP contribution is -2.60. The molecule has 1 amide bonds. The molecule has 0 spiro atoms. The minimum absolute atomic E-state index is 0.262. The standard InChI is InChI=1S/C33H65NO10/c1-3-5-7-9-11-13-15-16-18-20-25(36)28(38)24(23-43-33-31(41)30(40)29(39)27(22-35)44-33)34-32(42)26(37)21-19-17-14-12-10-8-6-4-2/h24-31,33,35-41H,3-23H2,1-2H3,(H,34,42). The number of hydrogen-bond donors (Lipinski definition) is 8. The molecule has 1 aliphatic heterocycles. The van der Waals surface area contributed by atoms with E-state index in [0.29, 0.717) is 19.3 Å². The van der Waals surface area contributed by atoms with Crippen LogP contribution in [0.3, 0.4) is 0 Å². The molecule has 0 aromatic heterocycles. The van der Waals surface area contributed by atoms with Crippen LogP contribution in [0.2, 0.25) is 0 Å². The lowest BCUT2D eigenvalue weighted by Gasteiger charge is -2.40. The van der Waals surface area contributed by atoms with Gasteiger partial charge in [0, 0.05) is 0 Å². The number of unbranched alkanes of at least 4 members (excludes halogenated alkanes) is 15. The highest BCUT2D eigenvalue weighted by Crippen LogP contribution is 2.23. The average molecular weight is 636 g/mol. The summed E-state index contributed by atoms with van der Waals surface area (Å²) in [6.45, 7) is 3.32. The van der Waals surface area contributed by atoms with Gasteiger partial charge in [0.15, 0.2) is 6.29 Å². The molecule has 262 valence electrons. The van der Waals surface area contributed by atoms with E-state index in [1.807, 2.05) is 0 Å². The van der Waals surface area contributed by atoms with Crippen molar-refractivity contribution >= 4 is 5.91 Å². The zero-order valence-corrected chi connectivity index (χ0v) is 27.4. The van der Waals surface area contributed by atoms with E-state index in [9.17, 15) is 40.5 Å². The van der Waals surface area contributed by atoms with Gasteiger partial charge >= 0.3 is 0 Å². The van der Waals surface area contributed by atoms with E-state index >= 15 is 0 Å². The van der Waals surface area contributed by atoms with Gasteiger partial charge in [0.05, 0.1) is 25.4 Å². The van der Waals surface area contributed by atoms with Crippen molar-refractivity contribution in [3.8, 4) is 0 Å². The fraction of sp³-hybridized carbons (Fsp3) is 0.970. The number of rotatable bonds is 27. The first-order chi connectivity index (χ1) is 21.2. The molecular formula is C33H65NO10. The minimum atomic E-state index is -1.65. The third-order valence-corrected chi connectivity index (χ3v) is 8.66. The number of hydrogen-bond acceptors (Lipinski definition) is 10. The molecule has 0 radical (unpaired) electrons. The number of ether oxygens (including phenoxy) is 2. The van der Waals surface area contributed by atoms with Crippen LogP contribution in [-0.2, 0) is 14.3 Å². The normalized spacial score (nSPS) is 25.0. The predicted octanol–water partition coefficient (Wildman–Crippen LogP) is 2.82. The van der Waals surface area contributed by atoms with Crippen molar-refractivity contribution < 1.29 is 50.0 Å². The molecule has 11 nitrogen and oxygen atoms in total. The lowest BCUT2D eigenvalue weighted by atomic mass is 9.98. The smallest absolute Gasteiger partial charge is 0.249 e.